The highest BCUT2D eigenvalue weighted by atomic mass is 16.5. The predicted octanol–water partition coefficient (Wildman–Crippen LogP) is 2.51. The standard InChI is InChI=1S/C12H12N2O3/c1-3-5-11(7-13-9-15)17-12(6-4-2)8-14-10-16/h3-4,7-8H,1-2,5-6H2. The fourth-order valence-electron chi connectivity index (χ4n) is 0.891. The zero-order valence-electron chi connectivity index (χ0n) is 9.26. The van der Waals surface area contributed by atoms with E-state index in [0.29, 0.717) is 24.4 Å². The third kappa shape index (κ3) is 7.45. The Hall–Kier alpha value is -2.48. The number of ether oxygens (including phenoxy) is 1. The van der Waals surface area contributed by atoms with E-state index in [1.54, 1.807) is 12.2 Å². The first-order chi connectivity index (χ1) is 8.28. The number of hydrogen-bond donors (Lipinski definition) is 0. The molecular formula is C12H12N2O3. The van der Waals surface area contributed by atoms with Gasteiger partial charge in [0.1, 0.15) is 11.5 Å². The van der Waals surface area contributed by atoms with Gasteiger partial charge in [-0.3, -0.25) is 0 Å². The fourth-order valence-corrected chi connectivity index (χ4v) is 0.891. The highest BCUT2D eigenvalue weighted by Gasteiger charge is 2.01. The number of carbonyl (C=O) groups excluding carboxylic acids is 2. The molecule has 0 radical (unpaired) electrons. The minimum Gasteiger partial charge on any atom is -0.462 e. The molecule has 0 fully saturated rings. The normalized spacial score (nSPS) is 10.8. The molecule has 0 heterocycles. The van der Waals surface area contributed by atoms with Crippen LogP contribution < -0.4 is 0 Å². The lowest BCUT2D eigenvalue weighted by atomic mass is 10.3. The molecule has 17 heavy (non-hydrogen) atoms. The summed E-state index contributed by atoms with van der Waals surface area (Å²) in [7, 11) is 0. The minimum atomic E-state index is 0.379. The maximum Gasteiger partial charge on any atom is 0.240 e. The van der Waals surface area contributed by atoms with Crippen molar-refractivity contribution >= 4 is 12.2 Å². The van der Waals surface area contributed by atoms with Crippen LogP contribution in [0.3, 0.4) is 0 Å². The first-order valence-corrected chi connectivity index (χ1v) is 4.70. The molecule has 5 nitrogen and oxygen atoms in total. The average molecular weight is 232 g/mol. The second-order valence-corrected chi connectivity index (χ2v) is 2.72. The van der Waals surface area contributed by atoms with Gasteiger partial charge in [-0.25, -0.2) is 9.59 Å². The smallest absolute Gasteiger partial charge is 0.240 e. The van der Waals surface area contributed by atoms with Crippen LogP contribution in [0.4, 0.5) is 0 Å². The van der Waals surface area contributed by atoms with E-state index in [1.807, 2.05) is 0 Å². The van der Waals surface area contributed by atoms with Crippen molar-refractivity contribution in [3.05, 3.63) is 49.2 Å². The zero-order chi connectivity index (χ0) is 12.9. The monoisotopic (exact) mass is 232 g/mol. The van der Waals surface area contributed by atoms with E-state index in [2.05, 4.69) is 23.1 Å². The lowest BCUT2D eigenvalue weighted by Gasteiger charge is -2.08. The van der Waals surface area contributed by atoms with Gasteiger partial charge in [0.25, 0.3) is 0 Å². The molecule has 0 aromatic carbocycles. The summed E-state index contributed by atoms with van der Waals surface area (Å²) >= 11 is 0. The number of aliphatic imine (C=N–C) groups is 2. The van der Waals surface area contributed by atoms with Gasteiger partial charge in [0.15, 0.2) is 0 Å². The van der Waals surface area contributed by atoms with Crippen molar-refractivity contribution < 1.29 is 14.3 Å². The molecular weight excluding hydrogens is 220 g/mol. The van der Waals surface area contributed by atoms with Crippen molar-refractivity contribution in [3.8, 4) is 0 Å². The van der Waals surface area contributed by atoms with Gasteiger partial charge in [-0.15, -0.1) is 13.2 Å². The van der Waals surface area contributed by atoms with E-state index in [-0.39, 0.29) is 0 Å². The second-order valence-electron chi connectivity index (χ2n) is 2.72. The van der Waals surface area contributed by atoms with Crippen molar-refractivity contribution in [3.63, 3.8) is 0 Å². The van der Waals surface area contributed by atoms with Crippen LogP contribution in [0.15, 0.2) is 59.2 Å². The van der Waals surface area contributed by atoms with Crippen LogP contribution in [0.5, 0.6) is 0 Å². The Kier molecular flexibility index (Phi) is 8.59. The summed E-state index contributed by atoms with van der Waals surface area (Å²) in [4.78, 5) is 26.5. The number of rotatable bonds is 8. The van der Waals surface area contributed by atoms with E-state index in [9.17, 15) is 9.59 Å². The molecule has 0 saturated carbocycles. The van der Waals surface area contributed by atoms with E-state index < -0.39 is 0 Å². The highest BCUT2D eigenvalue weighted by molar-refractivity contribution is 5.35. The van der Waals surface area contributed by atoms with Gasteiger partial charge in [0.2, 0.25) is 12.2 Å². The van der Waals surface area contributed by atoms with E-state index in [1.165, 1.54) is 24.6 Å². The fraction of sp³-hybridized carbons (Fsp3) is 0.167. The van der Waals surface area contributed by atoms with Crippen LogP contribution in [0.25, 0.3) is 0 Å². The van der Waals surface area contributed by atoms with Gasteiger partial charge < -0.3 is 4.74 Å². The van der Waals surface area contributed by atoms with Crippen molar-refractivity contribution in [1.82, 2.24) is 0 Å². The summed E-state index contributed by atoms with van der Waals surface area (Å²) in [5.74, 6) is 0.773. The largest absolute Gasteiger partial charge is 0.462 e. The Labute approximate surface area is 99.2 Å². The van der Waals surface area contributed by atoms with Gasteiger partial charge in [-0.1, -0.05) is 12.2 Å². The molecule has 0 N–H and O–H groups in total. The number of allylic oxidation sites excluding steroid dienone is 2. The molecule has 0 amide bonds. The van der Waals surface area contributed by atoms with Crippen molar-refractivity contribution in [1.29, 1.82) is 0 Å². The first kappa shape index (κ1) is 14.5. The predicted molar refractivity (Wildman–Crippen MR) is 63.1 cm³/mol. The minimum absolute atomic E-state index is 0.379. The number of hydrogen-bond acceptors (Lipinski definition) is 5. The zero-order valence-corrected chi connectivity index (χ0v) is 9.26. The van der Waals surface area contributed by atoms with Gasteiger partial charge in [-0.05, 0) is 0 Å². The number of nitrogens with zero attached hydrogens (tertiary/aromatic N) is 2. The van der Waals surface area contributed by atoms with E-state index >= 15 is 0 Å². The molecule has 0 rings (SSSR count). The Morgan fingerprint density at radius 3 is 1.71 bits per heavy atom. The molecule has 0 bridgehead atoms. The van der Waals surface area contributed by atoms with Crippen LogP contribution in [-0.2, 0) is 14.3 Å². The second kappa shape index (κ2) is 10.1. The lowest BCUT2D eigenvalue weighted by Crippen LogP contribution is -1.92. The third-order valence-electron chi connectivity index (χ3n) is 1.48. The molecule has 0 unspecified atom stereocenters. The van der Waals surface area contributed by atoms with Crippen molar-refractivity contribution in [2.45, 2.75) is 12.8 Å². The topological polar surface area (TPSA) is 68.1 Å². The van der Waals surface area contributed by atoms with Crippen LogP contribution in [0, 0.1) is 0 Å². The molecule has 0 aliphatic heterocycles. The third-order valence-corrected chi connectivity index (χ3v) is 1.48. The molecule has 0 aromatic heterocycles. The number of isocyanates is 2. The Bertz CT molecular complexity index is 383. The Balaban J connectivity index is 4.89. The summed E-state index contributed by atoms with van der Waals surface area (Å²) in [5.41, 5.74) is 0. The molecule has 0 atom stereocenters. The summed E-state index contributed by atoms with van der Waals surface area (Å²) in [6.07, 6.45) is 9.09. The van der Waals surface area contributed by atoms with Crippen LogP contribution in [0.1, 0.15) is 12.8 Å². The average Bonchev–Trinajstić information content (AvgIpc) is 2.33. The molecule has 0 spiro atoms. The SMILES string of the molecule is C=CCC(=CN=C=O)OC(=CN=C=O)CC=C. The summed E-state index contributed by atoms with van der Waals surface area (Å²) in [6, 6.07) is 0. The molecule has 0 aliphatic rings. The lowest BCUT2D eigenvalue weighted by molar-refractivity contribution is 0.289. The Morgan fingerprint density at radius 1 is 1.00 bits per heavy atom. The van der Waals surface area contributed by atoms with Gasteiger partial charge in [0, 0.05) is 12.8 Å². The maximum absolute atomic E-state index is 9.98. The highest BCUT2D eigenvalue weighted by Crippen LogP contribution is 2.14. The summed E-state index contributed by atoms with van der Waals surface area (Å²) in [6.45, 7) is 7.08. The van der Waals surface area contributed by atoms with Crippen LogP contribution in [-0.4, -0.2) is 12.2 Å². The van der Waals surface area contributed by atoms with Crippen molar-refractivity contribution in [2.24, 2.45) is 9.98 Å². The molecule has 0 saturated heterocycles. The first-order valence-electron chi connectivity index (χ1n) is 4.70. The molecule has 0 aliphatic carbocycles. The van der Waals surface area contributed by atoms with Gasteiger partial charge >= 0.3 is 0 Å². The Morgan fingerprint density at radius 2 is 1.41 bits per heavy atom. The molecule has 5 heteroatoms. The van der Waals surface area contributed by atoms with Crippen molar-refractivity contribution in [2.75, 3.05) is 0 Å². The van der Waals surface area contributed by atoms with Crippen LogP contribution >= 0.6 is 0 Å². The van der Waals surface area contributed by atoms with Gasteiger partial charge in [-0.2, -0.15) is 9.98 Å². The molecule has 88 valence electrons. The maximum atomic E-state index is 9.98. The van der Waals surface area contributed by atoms with E-state index in [0.717, 1.165) is 0 Å². The van der Waals surface area contributed by atoms with E-state index in [4.69, 9.17) is 4.74 Å². The quantitative estimate of drug-likeness (QED) is 0.279. The summed E-state index contributed by atoms with van der Waals surface area (Å²) in [5, 5.41) is 0. The van der Waals surface area contributed by atoms with Crippen LogP contribution in [0.2, 0.25) is 0 Å². The van der Waals surface area contributed by atoms with Gasteiger partial charge in [0.05, 0.1) is 12.4 Å². The summed E-state index contributed by atoms with van der Waals surface area (Å²) < 4.78 is 5.37. The molecule has 0 aromatic rings.